The van der Waals surface area contributed by atoms with Gasteiger partial charge in [-0.05, 0) is 50.6 Å². The first-order chi connectivity index (χ1) is 13.1. The van der Waals surface area contributed by atoms with Crippen molar-refractivity contribution in [3.8, 4) is 5.75 Å². The van der Waals surface area contributed by atoms with Gasteiger partial charge in [0.1, 0.15) is 23.2 Å². The van der Waals surface area contributed by atoms with Crippen molar-refractivity contribution < 1.29 is 18.7 Å². The highest BCUT2D eigenvalue weighted by Crippen LogP contribution is 2.18. The molecule has 1 amide bonds. The summed E-state index contributed by atoms with van der Waals surface area (Å²) in [6, 6.07) is 6.07. The Hall–Kier alpha value is -2.19. The number of carbonyl (C=O) groups excluding carboxylic acids is 1. The molecular formula is C19H24FN3O3S. The van der Waals surface area contributed by atoms with E-state index in [0.29, 0.717) is 19.0 Å². The van der Waals surface area contributed by atoms with E-state index < -0.39 is 0 Å². The van der Waals surface area contributed by atoms with Gasteiger partial charge < -0.3 is 14.8 Å². The summed E-state index contributed by atoms with van der Waals surface area (Å²) >= 11 is 1.55. The fourth-order valence-electron chi connectivity index (χ4n) is 3.05. The fourth-order valence-corrected chi connectivity index (χ4v) is 3.75. The number of halogens is 1. The lowest BCUT2D eigenvalue weighted by atomic mass is 10.1. The second kappa shape index (κ2) is 9.66. The Morgan fingerprint density at radius 2 is 2.22 bits per heavy atom. The predicted octanol–water partition coefficient (Wildman–Crippen LogP) is 3.57. The minimum Gasteiger partial charge on any atom is -0.486 e. The number of alkyl carbamates (subject to hydrolysis) is 1. The molecule has 146 valence electrons. The summed E-state index contributed by atoms with van der Waals surface area (Å²) in [5.41, 5.74) is 0.995. The number of aromatic nitrogens is 1. The molecule has 1 aromatic heterocycles. The van der Waals surface area contributed by atoms with Gasteiger partial charge in [0.05, 0.1) is 12.3 Å². The van der Waals surface area contributed by atoms with Crippen LogP contribution in [0.25, 0.3) is 0 Å². The average Bonchev–Trinajstić information content (AvgIpc) is 3.09. The minimum absolute atomic E-state index is 0.109. The Morgan fingerprint density at radius 3 is 3.00 bits per heavy atom. The maximum atomic E-state index is 12.9. The maximum Gasteiger partial charge on any atom is 0.407 e. The van der Waals surface area contributed by atoms with Crippen molar-refractivity contribution in [1.82, 2.24) is 15.2 Å². The van der Waals surface area contributed by atoms with Crippen molar-refractivity contribution in [2.45, 2.75) is 39.0 Å². The number of nitrogens with zero attached hydrogens (tertiary/aromatic N) is 2. The van der Waals surface area contributed by atoms with E-state index in [2.05, 4.69) is 15.2 Å². The van der Waals surface area contributed by atoms with Crippen molar-refractivity contribution in [1.29, 1.82) is 0 Å². The highest BCUT2D eigenvalue weighted by molar-refractivity contribution is 7.09. The zero-order valence-electron chi connectivity index (χ0n) is 15.3. The van der Waals surface area contributed by atoms with Crippen LogP contribution in [0.15, 0.2) is 29.6 Å². The Morgan fingerprint density at radius 1 is 1.41 bits per heavy atom. The van der Waals surface area contributed by atoms with E-state index in [4.69, 9.17) is 9.47 Å². The molecular weight excluding hydrogens is 369 g/mol. The summed E-state index contributed by atoms with van der Waals surface area (Å²) in [5, 5.41) is 5.83. The third-order valence-electron chi connectivity index (χ3n) is 4.26. The molecule has 27 heavy (non-hydrogen) atoms. The normalized spacial score (nSPS) is 17.5. The molecule has 1 aliphatic heterocycles. The maximum absolute atomic E-state index is 12.9. The number of amides is 1. The van der Waals surface area contributed by atoms with E-state index in [1.54, 1.807) is 30.4 Å². The number of ether oxygens (including phenoxy) is 2. The third kappa shape index (κ3) is 6.18. The summed E-state index contributed by atoms with van der Waals surface area (Å²) in [4.78, 5) is 18.5. The SMILES string of the molecule is CCOC(=O)NC1CCCN(Cc2csc(COc3ccc(F)cc3)n2)C1. The smallest absolute Gasteiger partial charge is 0.407 e. The van der Waals surface area contributed by atoms with E-state index in [-0.39, 0.29) is 18.0 Å². The summed E-state index contributed by atoms with van der Waals surface area (Å²) < 4.78 is 23.5. The van der Waals surface area contributed by atoms with E-state index >= 15 is 0 Å². The number of rotatable bonds is 7. The van der Waals surface area contributed by atoms with E-state index in [0.717, 1.165) is 43.2 Å². The molecule has 0 spiro atoms. The Kier molecular flexibility index (Phi) is 7.00. The molecule has 0 saturated carbocycles. The van der Waals surface area contributed by atoms with Crippen LogP contribution < -0.4 is 10.1 Å². The van der Waals surface area contributed by atoms with Crippen LogP contribution >= 0.6 is 11.3 Å². The van der Waals surface area contributed by atoms with Gasteiger partial charge in [0.25, 0.3) is 0 Å². The molecule has 3 rings (SSSR count). The molecule has 0 aliphatic carbocycles. The molecule has 0 bridgehead atoms. The Balaban J connectivity index is 1.46. The molecule has 1 saturated heterocycles. The largest absolute Gasteiger partial charge is 0.486 e. The number of hydrogen-bond donors (Lipinski definition) is 1. The van der Waals surface area contributed by atoms with Crippen LogP contribution in [0.5, 0.6) is 5.75 Å². The first kappa shape index (κ1) is 19.6. The molecule has 1 N–H and O–H groups in total. The highest BCUT2D eigenvalue weighted by Gasteiger charge is 2.22. The van der Waals surface area contributed by atoms with Crippen LogP contribution in [0.3, 0.4) is 0 Å². The molecule has 2 heterocycles. The quantitative estimate of drug-likeness (QED) is 0.779. The van der Waals surface area contributed by atoms with Gasteiger partial charge >= 0.3 is 6.09 Å². The lowest BCUT2D eigenvalue weighted by Crippen LogP contribution is -2.47. The molecule has 1 aromatic carbocycles. The first-order valence-corrected chi connectivity index (χ1v) is 9.97. The lowest BCUT2D eigenvalue weighted by molar-refractivity contribution is 0.132. The van der Waals surface area contributed by atoms with Crippen molar-refractivity contribution >= 4 is 17.4 Å². The lowest BCUT2D eigenvalue weighted by Gasteiger charge is -2.32. The van der Waals surface area contributed by atoms with Crippen molar-refractivity contribution in [2.24, 2.45) is 0 Å². The molecule has 1 fully saturated rings. The average molecular weight is 393 g/mol. The number of hydrogen-bond acceptors (Lipinski definition) is 6. The zero-order chi connectivity index (χ0) is 19.1. The van der Waals surface area contributed by atoms with Crippen LogP contribution in [0.1, 0.15) is 30.5 Å². The molecule has 8 heteroatoms. The molecule has 1 aliphatic rings. The fraction of sp³-hybridized carbons (Fsp3) is 0.474. The summed E-state index contributed by atoms with van der Waals surface area (Å²) in [6.45, 7) is 5.06. The number of thiazole rings is 1. The van der Waals surface area contributed by atoms with Gasteiger partial charge in [0, 0.05) is 24.5 Å². The topological polar surface area (TPSA) is 63.7 Å². The predicted molar refractivity (Wildman–Crippen MR) is 101 cm³/mol. The number of benzene rings is 1. The second-order valence-corrected chi connectivity index (χ2v) is 7.36. The Bertz CT molecular complexity index is 738. The number of piperidine rings is 1. The molecule has 1 atom stereocenters. The number of likely N-dealkylation sites (tertiary alicyclic amines) is 1. The van der Waals surface area contributed by atoms with Gasteiger partial charge in [-0.3, -0.25) is 4.90 Å². The third-order valence-corrected chi connectivity index (χ3v) is 5.13. The highest BCUT2D eigenvalue weighted by atomic mass is 32.1. The summed E-state index contributed by atoms with van der Waals surface area (Å²) in [7, 11) is 0. The summed E-state index contributed by atoms with van der Waals surface area (Å²) in [6.07, 6.45) is 1.64. The van der Waals surface area contributed by atoms with Crippen molar-refractivity contribution in [3.63, 3.8) is 0 Å². The van der Waals surface area contributed by atoms with E-state index in [1.807, 2.05) is 5.38 Å². The molecule has 6 nitrogen and oxygen atoms in total. The monoisotopic (exact) mass is 393 g/mol. The standard InChI is InChI=1S/C19H24FN3O3S/c1-2-25-19(24)22-15-4-3-9-23(10-15)11-16-13-27-18(21-16)12-26-17-7-5-14(20)6-8-17/h5-8,13,15H,2-4,9-12H2,1H3,(H,22,24). The van der Waals surface area contributed by atoms with Crippen molar-refractivity contribution in [3.05, 3.63) is 46.2 Å². The van der Waals surface area contributed by atoms with Crippen LogP contribution in [0, 0.1) is 5.82 Å². The molecule has 0 radical (unpaired) electrons. The van der Waals surface area contributed by atoms with Gasteiger partial charge in [-0.15, -0.1) is 11.3 Å². The van der Waals surface area contributed by atoms with Gasteiger partial charge in [-0.2, -0.15) is 0 Å². The number of carbonyl (C=O) groups is 1. The minimum atomic E-state index is -0.349. The second-order valence-electron chi connectivity index (χ2n) is 6.41. The van der Waals surface area contributed by atoms with Gasteiger partial charge in [0.2, 0.25) is 0 Å². The van der Waals surface area contributed by atoms with Crippen LogP contribution in [0.2, 0.25) is 0 Å². The first-order valence-electron chi connectivity index (χ1n) is 9.09. The summed E-state index contributed by atoms with van der Waals surface area (Å²) in [5.74, 6) is 0.341. The van der Waals surface area contributed by atoms with Crippen LogP contribution in [-0.4, -0.2) is 41.7 Å². The molecule has 2 aromatic rings. The van der Waals surface area contributed by atoms with Gasteiger partial charge in [-0.25, -0.2) is 14.2 Å². The van der Waals surface area contributed by atoms with E-state index in [1.165, 1.54) is 12.1 Å². The zero-order valence-corrected chi connectivity index (χ0v) is 16.1. The van der Waals surface area contributed by atoms with Crippen LogP contribution in [0.4, 0.5) is 9.18 Å². The van der Waals surface area contributed by atoms with Crippen LogP contribution in [-0.2, 0) is 17.9 Å². The van der Waals surface area contributed by atoms with Gasteiger partial charge in [0.15, 0.2) is 0 Å². The van der Waals surface area contributed by atoms with E-state index in [9.17, 15) is 9.18 Å². The Labute approximate surface area is 162 Å². The van der Waals surface area contributed by atoms with Gasteiger partial charge in [-0.1, -0.05) is 0 Å². The number of nitrogens with one attached hydrogen (secondary N) is 1. The van der Waals surface area contributed by atoms with Crippen molar-refractivity contribution in [2.75, 3.05) is 19.7 Å². The molecule has 1 unspecified atom stereocenters.